The van der Waals surface area contributed by atoms with Gasteiger partial charge in [-0.05, 0) is 36.6 Å². The Morgan fingerprint density at radius 1 is 1.35 bits per heavy atom. The van der Waals surface area contributed by atoms with E-state index in [1.807, 2.05) is 18.3 Å². The third-order valence-electron chi connectivity index (χ3n) is 4.24. The molecule has 2 aromatic rings. The minimum absolute atomic E-state index is 0.200. The molecular formula is C17H23N3O2S. The van der Waals surface area contributed by atoms with Crippen molar-refractivity contribution in [1.82, 2.24) is 15.6 Å². The summed E-state index contributed by atoms with van der Waals surface area (Å²) in [6.07, 6.45) is 4.59. The molecule has 0 saturated carbocycles. The third-order valence-corrected chi connectivity index (χ3v) is 5.48. The van der Waals surface area contributed by atoms with Crippen molar-refractivity contribution in [3.05, 3.63) is 36.0 Å². The summed E-state index contributed by atoms with van der Waals surface area (Å²) in [6, 6.07) is 8.04. The molecule has 2 amide bonds. The van der Waals surface area contributed by atoms with Crippen LogP contribution in [0.1, 0.15) is 18.4 Å². The second-order valence-corrected chi connectivity index (χ2v) is 7.20. The highest BCUT2D eigenvalue weighted by molar-refractivity contribution is 7.99. The Morgan fingerprint density at radius 3 is 3.04 bits per heavy atom. The predicted octanol–water partition coefficient (Wildman–Crippen LogP) is 2.27. The van der Waals surface area contributed by atoms with E-state index >= 15 is 0 Å². The number of thioether (sulfide) groups is 1. The van der Waals surface area contributed by atoms with Crippen LogP contribution in [0.15, 0.2) is 30.5 Å². The number of urea groups is 1. The molecule has 0 radical (unpaired) electrons. The maximum atomic E-state index is 11.8. The zero-order valence-corrected chi connectivity index (χ0v) is 13.9. The molecule has 1 aliphatic heterocycles. The SMILES string of the molecule is O=C(NCCCc1c[nH]c2ccccc12)NCC1(O)CCSC1. The van der Waals surface area contributed by atoms with Crippen LogP contribution in [0, 0.1) is 0 Å². The highest BCUT2D eigenvalue weighted by atomic mass is 32.2. The number of hydrogen-bond acceptors (Lipinski definition) is 3. The molecule has 3 rings (SSSR count). The average molecular weight is 333 g/mol. The van der Waals surface area contributed by atoms with Crippen molar-refractivity contribution in [3.8, 4) is 0 Å². The molecule has 1 aliphatic rings. The summed E-state index contributed by atoms with van der Waals surface area (Å²) in [6.45, 7) is 0.951. The topological polar surface area (TPSA) is 77.2 Å². The van der Waals surface area contributed by atoms with Crippen LogP contribution in [-0.2, 0) is 6.42 Å². The molecule has 1 aromatic carbocycles. The number of aromatic nitrogens is 1. The van der Waals surface area contributed by atoms with Crippen LogP contribution in [-0.4, -0.2) is 46.3 Å². The summed E-state index contributed by atoms with van der Waals surface area (Å²) in [7, 11) is 0. The highest BCUT2D eigenvalue weighted by Crippen LogP contribution is 2.26. The maximum absolute atomic E-state index is 11.8. The Morgan fingerprint density at radius 2 is 2.22 bits per heavy atom. The van der Waals surface area contributed by atoms with Crippen molar-refractivity contribution in [3.63, 3.8) is 0 Å². The van der Waals surface area contributed by atoms with Gasteiger partial charge in [0.05, 0.1) is 5.60 Å². The second kappa shape index (κ2) is 7.27. The Bertz CT molecular complexity index is 665. The van der Waals surface area contributed by atoms with E-state index in [9.17, 15) is 9.90 Å². The van der Waals surface area contributed by atoms with Crippen molar-refractivity contribution >= 4 is 28.7 Å². The van der Waals surface area contributed by atoms with E-state index in [1.54, 1.807) is 11.8 Å². The van der Waals surface area contributed by atoms with Gasteiger partial charge in [-0.2, -0.15) is 11.8 Å². The number of amides is 2. The number of rotatable bonds is 6. The third kappa shape index (κ3) is 4.20. The fourth-order valence-corrected chi connectivity index (χ4v) is 4.16. The normalized spacial score (nSPS) is 20.7. The van der Waals surface area contributed by atoms with Crippen LogP contribution in [0.3, 0.4) is 0 Å². The first-order valence-electron chi connectivity index (χ1n) is 8.03. The van der Waals surface area contributed by atoms with Gasteiger partial charge in [0.1, 0.15) is 0 Å². The monoisotopic (exact) mass is 333 g/mol. The quantitative estimate of drug-likeness (QED) is 0.613. The standard InChI is InChI=1S/C17H23N3O2S/c21-16(20-11-17(22)7-9-23-12-17)18-8-3-4-13-10-19-15-6-2-1-5-14(13)15/h1-2,5-6,10,19,22H,3-4,7-9,11-12H2,(H2,18,20,21). The number of H-pyrrole nitrogens is 1. The fourth-order valence-electron chi connectivity index (χ4n) is 2.86. The van der Waals surface area contributed by atoms with E-state index in [-0.39, 0.29) is 6.03 Å². The molecule has 0 spiro atoms. The van der Waals surface area contributed by atoms with Gasteiger partial charge >= 0.3 is 6.03 Å². The van der Waals surface area contributed by atoms with Gasteiger partial charge in [-0.1, -0.05) is 18.2 Å². The average Bonchev–Trinajstić information content (AvgIpc) is 3.17. The molecular weight excluding hydrogens is 310 g/mol. The minimum atomic E-state index is -0.730. The summed E-state index contributed by atoms with van der Waals surface area (Å²) in [5.41, 5.74) is 1.70. The molecule has 124 valence electrons. The fraction of sp³-hybridized carbons (Fsp3) is 0.471. The Kier molecular flexibility index (Phi) is 5.13. The Hall–Kier alpha value is -1.66. The predicted molar refractivity (Wildman–Crippen MR) is 94.9 cm³/mol. The first kappa shape index (κ1) is 16.2. The first-order valence-corrected chi connectivity index (χ1v) is 9.19. The van der Waals surface area contributed by atoms with E-state index < -0.39 is 5.60 Å². The van der Waals surface area contributed by atoms with Gasteiger partial charge in [0.25, 0.3) is 0 Å². The molecule has 1 fully saturated rings. The van der Waals surface area contributed by atoms with Crippen LogP contribution >= 0.6 is 11.8 Å². The van der Waals surface area contributed by atoms with Gasteiger partial charge in [0, 0.05) is 35.9 Å². The van der Waals surface area contributed by atoms with E-state index in [0.717, 1.165) is 30.5 Å². The minimum Gasteiger partial charge on any atom is -0.387 e. The molecule has 2 heterocycles. The number of fused-ring (bicyclic) bond motifs is 1. The number of hydrogen-bond donors (Lipinski definition) is 4. The molecule has 1 saturated heterocycles. The number of carbonyl (C=O) groups is 1. The lowest BCUT2D eigenvalue weighted by molar-refractivity contribution is 0.0700. The number of carbonyl (C=O) groups excluding carboxylic acids is 1. The molecule has 6 heteroatoms. The summed E-state index contributed by atoms with van der Waals surface area (Å²) in [5, 5.41) is 17.0. The molecule has 1 atom stereocenters. The van der Waals surface area contributed by atoms with Crippen LogP contribution in [0.5, 0.6) is 0 Å². The van der Waals surface area contributed by atoms with Gasteiger partial charge in [-0.3, -0.25) is 0 Å². The van der Waals surface area contributed by atoms with Gasteiger partial charge in [0.2, 0.25) is 0 Å². The highest BCUT2D eigenvalue weighted by Gasteiger charge is 2.31. The van der Waals surface area contributed by atoms with Crippen molar-refractivity contribution < 1.29 is 9.90 Å². The van der Waals surface area contributed by atoms with Crippen LogP contribution in [0.2, 0.25) is 0 Å². The first-order chi connectivity index (χ1) is 11.2. The second-order valence-electron chi connectivity index (χ2n) is 6.10. The Balaban J connectivity index is 1.37. The molecule has 5 nitrogen and oxygen atoms in total. The summed E-state index contributed by atoms with van der Waals surface area (Å²) < 4.78 is 0. The van der Waals surface area contributed by atoms with Crippen LogP contribution in [0.4, 0.5) is 4.79 Å². The van der Waals surface area contributed by atoms with Crippen molar-refractivity contribution in [2.24, 2.45) is 0 Å². The van der Waals surface area contributed by atoms with Crippen LogP contribution in [0.25, 0.3) is 10.9 Å². The number of aryl methyl sites for hydroxylation is 1. The number of benzene rings is 1. The summed E-state index contributed by atoms with van der Waals surface area (Å²) in [5.74, 6) is 1.66. The lowest BCUT2D eigenvalue weighted by Crippen LogP contribution is -2.46. The van der Waals surface area contributed by atoms with Crippen molar-refractivity contribution in [1.29, 1.82) is 0 Å². The molecule has 23 heavy (non-hydrogen) atoms. The Labute approximate surface area is 140 Å². The van der Waals surface area contributed by atoms with Gasteiger partial charge in [0.15, 0.2) is 0 Å². The van der Waals surface area contributed by atoms with Crippen molar-refractivity contribution in [2.45, 2.75) is 24.9 Å². The zero-order chi connectivity index (χ0) is 16.1. The lowest BCUT2D eigenvalue weighted by Gasteiger charge is -2.21. The van der Waals surface area contributed by atoms with E-state index in [2.05, 4.69) is 27.8 Å². The van der Waals surface area contributed by atoms with Gasteiger partial charge in [-0.15, -0.1) is 0 Å². The largest absolute Gasteiger partial charge is 0.387 e. The van der Waals surface area contributed by atoms with E-state index in [0.29, 0.717) is 18.8 Å². The molecule has 4 N–H and O–H groups in total. The number of nitrogens with one attached hydrogen (secondary N) is 3. The lowest BCUT2D eigenvalue weighted by atomic mass is 10.0. The maximum Gasteiger partial charge on any atom is 0.314 e. The van der Waals surface area contributed by atoms with Gasteiger partial charge < -0.3 is 20.7 Å². The number of aromatic amines is 1. The molecule has 1 unspecified atom stereocenters. The summed E-state index contributed by atoms with van der Waals surface area (Å²) in [4.78, 5) is 15.0. The molecule has 0 bridgehead atoms. The smallest absolute Gasteiger partial charge is 0.314 e. The van der Waals surface area contributed by atoms with E-state index in [1.165, 1.54) is 10.9 Å². The summed E-state index contributed by atoms with van der Waals surface area (Å²) >= 11 is 1.73. The van der Waals surface area contributed by atoms with Crippen LogP contribution < -0.4 is 10.6 Å². The zero-order valence-electron chi connectivity index (χ0n) is 13.1. The van der Waals surface area contributed by atoms with E-state index in [4.69, 9.17) is 0 Å². The molecule has 1 aromatic heterocycles. The number of para-hydroxylation sites is 1. The van der Waals surface area contributed by atoms with Gasteiger partial charge in [-0.25, -0.2) is 4.79 Å². The van der Waals surface area contributed by atoms with Crippen molar-refractivity contribution in [2.75, 3.05) is 24.6 Å². The number of aliphatic hydroxyl groups is 1. The molecule has 0 aliphatic carbocycles.